The third-order valence-corrected chi connectivity index (χ3v) is 3.21. The van der Waals surface area contributed by atoms with E-state index in [2.05, 4.69) is 10.5 Å². The summed E-state index contributed by atoms with van der Waals surface area (Å²) in [4.78, 5) is 11.6. The molecule has 2 heterocycles. The highest BCUT2D eigenvalue weighted by atomic mass is 16.5. The van der Waals surface area contributed by atoms with Crippen LogP contribution in [0.1, 0.15) is 16.1 Å². The van der Waals surface area contributed by atoms with Crippen molar-refractivity contribution in [2.24, 2.45) is 5.10 Å². The Morgan fingerprint density at radius 2 is 2.09 bits per heavy atom. The van der Waals surface area contributed by atoms with Crippen LogP contribution in [-0.2, 0) is 0 Å². The third kappa shape index (κ3) is 3.49. The molecule has 0 aliphatic heterocycles. The lowest BCUT2D eigenvalue weighted by Gasteiger charge is -2.04. The summed E-state index contributed by atoms with van der Waals surface area (Å²) < 4.78 is 12.1. The van der Waals surface area contributed by atoms with Gasteiger partial charge in [0.1, 0.15) is 5.75 Å². The first-order chi connectivity index (χ1) is 11.3. The minimum absolute atomic E-state index is 0.220. The lowest BCUT2D eigenvalue weighted by molar-refractivity contribution is 0.0927. The molecule has 0 unspecified atom stereocenters. The van der Waals surface area contributed by atoms with Crippen molar-refractivity contribution in [1.82, 2.24) is 9.99 Å². The highest BCUT2D eigenvalue weighted by molar-refractivity contribution is 5.92. The molecule has 0 fully saturated rings. The summed E-state index contributed by atoms with van der Waals surface area (Å²) in [6, 6.07) is 12.8. The molecule has 23 heavy (non-hydrogen) atoms. The Morgan fingerprint density at radius 1 is 1.26 bits per heavy atom. The predicted molar refractivity (Wildman–Crippen MR) is 86.1 cm³/mol. The molecular formula is C17H15N3O3. The van der Waals surface area contributed by atoms with Crippen LogP contribution in [0.4, 0.5) is 0 Å². The van der Waals surface area contributed by atoms with Crippen LogP contribution >= 0.6 is 0 Å². The minimum atomic E-state index is -0.388. The number of nitrogens with one attached hydrogen (secondary N) is 1. The number of amides is 1. The summed E-state index contributed by atoms with van der Waals surface area (Å²) in [5.41, 5.74) is 4.27. The Kier molecular flexibility index (Phi) is 4.24. The van der Waals surface area contributed by atoms with E-state index in [1.807, 2.05) is 47.3 Å². The zero-order chi connectivity index (χ0) is 16.1. The maximum Gasteiger partial charge on any atom is 0.307 e. The topological polar surface area (TPSA) is 68.8 Å². The number of nitrogens with zero attached hydrogens (tertiary/aromatic N) is 2. The first-order valence-electron chi connectivity index (χ1n) is 6.95. The van der Waals surface area contributed by atoms with Gasteiger partial charge in [0.05, 0.1) is 19.6 Å². The average Bonchev–Trinajstić information content (AvgIpc) is 3.27. The Hall–Kier alpha value is -3.28. The first kappa shape index (κ1) is 14.6. The molecule has 0 aliphatic carbocycles. The van der Waals surface area contributed by atoms with E-state index in [1.165, 1.54) is 6.26 Å². The fraction of sp³-hybridized carbons (Fsp3) is 0.0588. The quantitative estimate of drug-likeness (QED) is 0.582. The van der Waals surface area contributed by atoms with E-state index in [0.717, 1.165) is 17.0 Å². The van der Waals surface area contributed by atoms with E-state index < -0.39 is 0 Å². The molecular weight excluding hydrogens is 294 g/mol. The monoisotopic (exact) mass is 309 g/mol. The van der Waals surface area contributed by atoms with Crippen molar-refractivity contribution in [2.45, 2.75) is 0 Å². The summed E-state index contributed by atoms with van der Waals surface area (Å²) in [5.74, 6) is 0.641. The van der Waals surface area contributed by atoms with E-state index in [0.29, 0.717) is 0 Å². The Labute approximate surface area is 133 Å². The molecule has 0 radical (unpaired) electrons. The van der Waals surface area contributed by atoms with E-state index in [1.54, 1.807) is 25.5 Å². The van der Waals surface area contributed by atoms with Crippen LogP contribution in [0.2, 0.25) is 0 Å². The standard InChI is InChI=1S/C17H15N3O3/c1-22-15-6-4-14(5-7-15)20-9-8-13(12-20)11-18-19-17(21)16-3-2-10-23-16/h2-12H,1H3,(H,19,21)/b18-11+. The fourth-order valence-corrected chi connectivity index (χ4v) is 2.03. The maximum absolute atomic E-state index is 11.6. The number of benzene rings is 1. The van der Waals surface area contributed by atoms with Crippen LogP contribution in [0.5, 0.6) is 5.75 Å². The van der Waals surface area contributed by atoms with Gasteiger partial charge in [0, 0.05) is 23.6 Å². The molecule has 2 aromatic heterocycles. The zero-order valence-corrected chi connectivity index (χ0v) is 12.5. The summed E-state index contributed by atoms with van der Waals surface area (Å²) in [6.07, 6.45) is 6.83. The SMILES string of the molecule is COc1ccc(-n2ccc(/C=N/NC(=O)c3ccco3)c2)cc1. The number of hydrazone groups is 1. The molecule has 0 saturated heterocycles. The second kappa shape index (κ2) is 6.65. The van der Waals surface area contributed by atoms with Crippen molar-refractivity contribution in [3.05, 3.63) is 72.4 Å². The highest BCUT2D eigenvalue weighted by Gasteiger charge is 2.06. The van der Waals surface area contributed by atoms with Gasteiger partial charge in [-0.05, 0) is 42.5 Å². The molecule has 0 spiro atoms. The first-order valence-corrected chi connectivity index (χ1v) is 6.95. The molecule has 0 saturated carbocycles. The maximum atomic E-state index is 11.6. The average molecular weight is 309 g/mol. The molecule has 1 N–H and O–H groups in total. The number of ether oxygens (including phenoxy) is 1. The van der Waals surface area contributed by atoms with Gasteiger partial charge in [-0.25, -0.2) is 5.43 Å². The van der Waals surface area contributed by atoms with Gasteiger partial charge in [-0.15, -0.1) is 0 Å². The smallest absolute Gasteiger partial charge is 0.307 e. The van der Waals surface area contributed by atoms with Gasteiger partial charge in [-0.3, -0.25) is 4.79 Å². The Bertz CT molecular complexity index is 802. The van der Waals surface area contributed by atoms with Gasteiger partial charge in [-0.1, -0.05) is 0 Å². The van der Waals surface area contributed by atoms with Crippen molar-refractivity contribution in [3.8, 4) is 11.4 Å². The fourth-order valence-electron chi connectivity index (χ4n) is 2.03. The van der Waals surface area contributed by atoms with Crippen molar-refractivity contribution in [1.29, 1.82) is 0 Å². The second-order valence-corrected chi connectivity index (χ2v) is 4.73. The second-order valence-electron chi connectivity index (χ2n) is 4.73. The molecule has 6 heteroatoms. The normalized spacial score (nSPS) is 10.8. The van der Waals surface area contributed by atoms with E-state index in [-0.39, 0.29) is 11.7 Å². The number of methoxy groups -OCH3 is 1. The van der Waals surface area contributed by atoms with Crippen LogP contribution in [0.3, 0.4) is 0 Å². The number of furan rings is 1. The lowest BCUT2D eigenvalue weighted by Crippen LogP contribution is -2.16. The molecule has 1 aromatic carbocycles. The van der Waals surface area contributed by atoms with Crippen LogP contribution in [0.15, 0.2) is 70.6 Å². The molecule has 3 aromatic rings. The predicted octanol–water partition coefficient (Wildman–Crippen LogP) is 2.84. The Balaban J connectivity index is 1.64. The Morgan fingerprint density at radius 3 is 2.78 bits per heavy atom. The molecule has 0 atom stereocenters. The van der Waals surface area contributed by atoms with Crippen LogP contribution < -0.4 is 10.2 Å². The number of rotatable bonds is 5. The van der Waals surface area contributed by atoms with Gasteiger partial charge in [0.25, 0.3) is 0 Å². The molecule has 1 amide bonds. The highest BCUT2D eigenvalue weighted by Crippen LogP contribution is 2.15. The van der Waals surface area contributed by atoms with Gasteiger partial charge >= 0.3 is 5.91 Å². The molecule has 0 bridgehead atoms. The number of carbonyl (C=O) groups is 1. The van der Waals surface area contributed by atoms with Crippen molar-refractivity contribution >= 4 is 12.1 Å². The van der Waals surface area contributed by atoms with Crippen LogP contribution in [0, 0.1) is 0 Å². The molecule has 116 valence electrons. The lowest BCUT2D eigenvalue weighted by atomic mass is 10.3. The van der Waals surface area contributed by atoms with Gasteiger partial charge < -0.3 is 13.7 Å². The summed E-state index contributed by atoms with van der Waals surface area (Å²) in [6.45, 7) is 0. The van der Waals surface area contributed by atoms with Gasteiger partial charge in [0.15, 0.2) is 5.76 Å². The number of aromatic nitrogens is 1. The summed E-state index contributed by atoms with van der Waals surface area (Å²) in [5, 5.41) is 3.91. The van der Waals surface area contributed by atoms with Gasteiger partial charge in [0.2, 0.25) is 0 Å². The number of hydrogen-bond donors (Lipinski definition) is 1. The summed E-state index contributed by atoms with van der Waals surface area (Å²) in [7, 11) is 1.64. The van der Waals surface area contributed by atoms with Crippen molar-refractivity contribution < 1.29 is 13.9 Å². The summed E-state index contributed by atoms with van der Waals surface area (Å²) >= 11 is 0. The van der Waals surface area contributed by atoms with E-state index >= 15 is 0 Å². The van der Waals surface area contributed by atoms with E-state index in [4.69, 9.17) is 9.15 Å². The number of hydrogen-bond acceptors (Lipinski definition) is 4. The van der Waals surface area contributed by atoms with E-state index in [9.17, 15) is 4.79 Å². The largest absolute Gasteiger partial charge is 0.497 e. The molecule has 0 aliphatic rings. The van der Waals surface area contributed by atoms with Crippen molar-refractivity contribution in [3.63, 3.8) is 0 Å². The van der Waals surface area contributed by atoms with Crippen LogP contribution in [-0.4, -0.2) is 23.8 Å². The molecule has 6 nitrogen and oxygen atoms in total. The number of carbonyl (C=O) groups excluding carboxylic acids is 1. The third-order valence-electron chi connectivity index (χ3n) is 3.21. The molecule has 3 rings (SSSR count). The minimum Gasteiger partial charge on any atom is -0.497 e. The van der Waals surface area contributed by atoms with Gasteiger partial charge in [-0.2, -0.15) is 5.10 Å². The zero-order valence-electron chi connectivity index (χ0n) is 12.5. The van der Waals surface area contributed by atoms with Crippen LogP contribution in [0.25, 0.3) is 5.69 Å². The van der Waals surface area contributed by atoms with Crippen molar-refractivity contribution in [2.75, 3.05) is 7.11 Å².